The van der Waals surface area contributed by atoms with Gasteiger partial charge in [-0.3, -0.25) is 4.79 Å². The molecule has 2 heterocycles. The minimum absolute atomic E-state index is 0.0182. The molecular formula is C19H31N3O3. The second-order valence-electron chi connectivity index (χ2n) is 7.64. The molecule has 0 spiro atoms. The first-order chi connectivity index (χ1) is 11.8. The summed E-state index contributed by atoms with van der Waals surface area (Å²) < 4.78 is 11.2. The highest BCUT2D eigenvalue weighted by Gasteiger charge is 2.24. The van der Waals surface area contributed by atoms with Crippen molar-refractivity contribution in [1.82, 2.24) is 14.8 Å². The molecule has 6 nitrogen and oxygen atoms in total. The van der Waals surface area contributed by atoms with Gasteiger partial charge in [0.2, 0.25) is 5.88 Å². The lowest BCUT2D eigenvalue weighted by Gasteiger charge is -2.35. The van der Waals surface area contributed by atoms with Crippen LogP contribution in [0.25, 0.3) is 0 Å². The molecular weight excluding hydrogens is 318 g/mol. The number of piperidine rings is 1. The van der Waals surface area contributed by atoms with Crippen LogP contribution in [0.15, 0.2) is 18.3 Å². The molecule has 1 aliphatic rings. The molecule has 1 fully saturated rings. The van der Waals surface area contributed by atoms with Crippen LogP contribution in [0.4, 0.5) is 0 Å². The molecule has 0 aromatic carbocycles. The monoisotopic (exact) mass is 349 g/mol. The maximum atomic E-state index is 12.6. The smallest absolute Gasteiger partial charge is 0.255 e. The van der Waals surface area contributed by atoms with Crippen LogP contribution in [0.1, 0.15) is 44.0 Å². The van der Waals surface area contributed by atoms with E-state index < -0.39 is 0 Å². The van der Waals surface area contributed by atoms with Crippen LogP contribution in [0.5, 0.6) is 5.88 Å². The van der Waals surface area contributed by atoms with Gasteiger partial charge >= 0.3 is 0 Å². The fourth-order valence-corrected chi connectivity index (χ4v) is 2.84. The SMILES string of the molecule is CN1CCC(N(C)C(=O)c2ccc(OCCOC(C)(C)C)nc2)CC1. The zero-order valence-corrected chi connectivity index (χ0v) is 16.1. The average Bonchev–Trinajstić information content (AvgIpc) is 2.58. The summed E-state index contributed by atoms with van der Waals surface area (Å²) >= 11 is 0. The number of hydrogen-bond acceptors (Lipinski definition) is 5. The van der Waals surface area contributed by atoms with Crippen LogP contribution in [0.3, 0.4) is 0 Å². The van der Waals surface area contributed by atoms with Crippen molar-refractivity contribution in [3.63, 3.8) is 0 Å². The van der Waals surface area contributed by atoms with Crippen molar-refractivity contribution in [3.05, 3.63) is 23.9 Å². The first kappa shape index (κ1) is 19.7. The number of amides is 1. The number of ether oxygens (including phenoxy) is 2. The van der Waals surface area contributed by atoms with Gasteiger partial charge in [0.25, 0.3) is 5.91 Å². The molecule has 6 heteroatoms. The Morgan fingerprint density at radius 1 is 1.28 bits per heavy atom. The Kier molecular flexibility index (Phi) is 6.79. The van der Waals surface area contributed by atoms with Gasteiger partial charge in [0.05, 0.1) is 17.8 Å². The van der Waals surface area contributed by atoms with E-state index in [1.54, 1.807) is 18.3 Å². The minimum Gasteiger partial charge on any atom is -0.475 e. The second kappa shape index (κ2) is 8.63. The Hall–Kier alpha value is -1.66. The van der Waals surface area contributed by atoms with E-state index in [1.807, 2.05) is 32.7 Å². The number of likely N-dealkylation sites (tertiary alicyclic amines) is 1. The van der Waals surface area contributed by atoms with E-state index in [9.17, 15) is 4.79 Å². The fraction of sp³-hybridized carbons (Fsp3) is 0.684. The maximum absolute atomic E-state index is 12.6. The van der Waals surface area contributed by atoms with Gasteiger partial charge in [-0.2, -0.15) is 0 Å². The van der Waals surface area contributed by atoms with Gasteiger partial charge in [-0.15, -0.1) is 0 Å². The molecule has 1 amide bonds. The number of aromatic nitrogens is 1. The van der Waals surface area contributed by atoms with Crippen LogP contribution < -0.4 is 4.74 Å². The van der Waals surface area contributed by atoms with E-state index in [0.29, 0.717) is 30.7 Å². The molecule has 0 saturated carbocycles. The van der Waals surface area contributed by atoms with Crippen LogP contribution in [-0.4, -0.2) is 72.7 Å². The van der Waals surface area contributed by atoms with E-state index in [4.69, 9.17) is 9.47 Å². The highest BCUT2D eigenvalue weighted by atomic mass is 16.5. The minimum atomic E-state index is -0.175. The van der Waals surface area contributed by atoms with Crippen LogP contribution in [-0.2, 0) is 4.74 Å². The molecule has 0 atom stereocenters. The largest absolute Gasteiger partial charge is 0.475 e. The van der Waals surface area contributed by atoms with Gasteiger partial charge < -0.3 is 19.3 Å². The van der Waals surface area contributed by atoms with Crippen LogP contribution in [0.2, 0.25) is 0 Å². The summed E-state index contributed by atoms with van der Waals surface area (Å²) in [6, 6.07) is 3.82. The van der Waals surface area contributed by atoms with E-state index in [-0.39, 0.29) is 11.5 Å². The summed E-state index contributed by atoms with van der Waals surface area (Å²) in [5.74, 6) is 0.528. The summed E-state index contributed by atoms with van der Waals surface area (Å²) in [7, 11) is 4.00. The van der Waals surface area contributed by atoms with E-state index in [0.717, 1.165) is 25.9 Å². The topological polar surface area (TPSA) is 54.9 Å². The fourth-order valence-electron chi connectivity index (χ4n) is 2.84. The standard InChI is InChI=1S/C19H31N3O3/c1-19(2,3)25-13-12-24-17-7-6-15(14-20-17)18(23)22(5)16-8-10-21(4)11-9-16/h6-7,14,16H,8-13H2,1-5H3. The second-order valence-corrected chi connectivity index (χ2v) is 7.64. The zero-order valence-electron chi connectivity index (χ0n) is 16.1. The Bertz CT molecular complexity index is 546. The Morgan fingerprint density at radius 2 is 1.96 bits per heavy atom. The Labute approximate surface area is 151 Å². The van der Waals surface area contributed by atoms with Crippen molar-refractivity contribution in [2.45, 2.75) is 45.3 Å². The molecule has 0 N–H and O–H groups in total. The first-order valence-corrected chi connectivity index (χ1v) is 8.95. The van der Waals surface area contributed by atoms with Crippen molar-refractivity contribution in [3.8, 4) is 5.88 Å². The van der Waals surface area contributed by atoms with Gasteiger partial charge in [-0.1, -0.05) is 0 Å². The summed E-state index contributed by atoms with van der Waals surface area (Å²) in [5.41, 5.74) is 0.422. The normalized spacial score (nSPS) is 16.7. The third-order valence-corrected chi connectivity index (χ3v) is 4.41. The lowest BCUT2D eigenvalue weighted by molar-refractivity contribution is -0.0168. The maximum Gasteiger partial charge on any atom is 0.255 e. The van der Waals surface area contributed by atoms with Gasteiger partial charge in [-0.05, 0) is 59.8 Å². The lowest BCUT2D eigenvalue weighted by atomic mass is 10.0. The average molecular weight is 349 g/mol. The highest BCUT2D eigenvalue weighted by molar-refractivity contribution is 5.94. The lowest BCUT2D eigenvalue weighted by Crippen LogP contribution is -2.44. The van der Waals surface area contributed by atoms with E-state index >= 15 is 0 Å². The van der Waals surface area contributed by atoms with Crippen molar-refractivity contribution in [1.29, 1.82) is 0 Å². The Balaban J connectivity index is 1.83. The third-order valence-electron chi connectivity index (χ3n) is 4.41. The highest BCUT2D eigenvalue weighted by Crippen LogP contribution is 2.17. The summed E-state index contributed by atoms with van der Waals surface area (Å²) in [5, 5.41) is 0. The molecule has 25 heavy (non-hydrogen) atoms. The van der Waals surface area contributed by atoms with Crippen LogP contribution in [0, 0.1) is 0 Å². The van der Waals surface area contributed by atoms with Crippen molar-refractivity contribution >= 4 is 5.91 Å². The molecule has 1 aromatic heterocycles. The van der Waals surface area contributed by atoms with Crippen molar-refractivity contribution < 1.29 is 14.3 Å². The molecule has 0 unspecified atom stereocenters. The number of rotatable bonds is 6. The number of carbonyl (C=O) groups is 1. The number of carbonyl (C=O) groups excluding carboxylic acids is 1. The quantitative estimate of drug-likeness (QED) is 0.739. The Morgan fingerprint density at radius 3 is 2.52 bits per heavy atom. The third kappa shape index (κ3) is 6.29. The van der Waals surface area contributed by atoms with Crippen molar-refractivity contribution in [2.24, 2.45) is 0 Å². The summed E-state index contributed by atoms with van der Waals surface area (Å²) in [6.07, 6.45) is 3.62. The molecule has 1 aromatic rings. The predicted molar refractivity (Wildman–Crippen MR) is 98.0 cm³/mol. The molecule has 1 aliphatic heterocycles. The van der Waals surface area contributed by atoms with Gasteiger partial charge in [0, 0.05) is 25.4 Å². The molecule has 140 valence electrons. The molecule has 1 saturated heterocycles. The van der Waals surface area contributed by atoms with Gasteiger partial charge in [-0.25, -0.2) is 4.98 Å². The predicted octanol–water partition coefficient (Wildman–Crippen LogP) is 2.44. The van der Waals surface area contributed by atoms with E-state index in [2.05, 4.69) is 16.9 Å². The summed E-state index contributed by atoms with van der Waals surface area (Å²) in [4.78, 5) is 21.0. The van der Waals surface area contributed by atoms with Gasteiger partial charge in [0.1, 0.15) is 6.61 Å². The molecule has 0 radical (unpaired) electrons. The molecule has 0 bridgehead atoms. The van der Waals surface area contributed by atoms with Crippen molar-refractivity contribution in [2.75, 3.05) is 40.4 Å². The summed E-state index contributed by atoms with van der Waals surface area (Å²) in [6.45, 7) is 9.02. The zero-order chi connectivity index (χ0) is 18.4. The van der Waals surface area contributed by atoms with Crippen LogP contribution >= 0.6 is 0 Å². The van der Waals surface area contributed by atoms with Gasteiger partial charge in [0.15, 0.2) is 0 Å². The molecule has 2 rings (SSSR count). The number of hydrogen-bond donors (Lipinski definition) is 0. The molecule has 0 aliphatic carbocycles. The first-order valence-electron chi connectivity index (χ1n) is 8.95. The number of nitrogens with zero attached hydrogens (tertiary/aromatic N) is 3. The van der Waals surface area contributed by atoms with E-state index in [1.165, 1.54) is 0 Å². The number of pyridine rings is 1.